The summed E-state index contributed by atoms with van der Waals surface area (Å²) in [5.74, 6) is 0.625. The minimum atomic E-state index is 0.625. The number of furan rings is 1. The molecule has 0 saturated carbocycles. The van der Waals surface area contributed by atoms with E-state index >= 15 is 0 Å². The number of hydrogen-bond acceptors (Lipinski definition) is 3. The molecule has 0 unspecified atom stereocenters. The van der Waals surface area contributed by atoms with E-state index in [0.29, 0.717) is 5.95 Å². The van der Waals surface area contributed by atoms with Crippen LogP contribution in [0.4, 0.5) is 0 Å². The Balaban J connectivity index is 0.00000208. The van der Waals surface area contributed by atoms with E-state index in [4.69, 9.17) is 14.4 Å². The predicted octanol–water partition coefficient (Wildman–Crippen LogP) is 15.8. The van der Waals surface area contributed by atoms with Gasteiger partial charge in [-0.25, -0.2) is 9.97 Å². The van der Waals surface area contributed by atoms with Crippen LogP contribution in [0.1, 0.15) is 13.8 Å². The molecular weight excluding hydrogens is 769 g/mol. The summed E-state index contributed by atoms with van der Waals surface area (Å²) in [4.78, 5) is 10.8. The van der Waals surface area contributed by atoms with E-state index < -0.39 is 0 Å². The minimum absolute atomic E-state index is 0.625. The van der Waals surface area contributed by atoms with Gasteiger partial charge in [0, 0.05) is 54.5 Å². The highest BCUT2D eigenvalue weighted by Crippen LogP contribution is 2.43. The molecule has 13 aromatic rings. The molecule has 4 aromatic heterocycles. The lowest BCUT2D eigenvalue weighted by molar-refractivity contribution is 0.669. The zero-order valence-electron chi connectivity index (χ0n) is 34.8. The first kappa shape index (κ1) is 36.6. The fourth-order valence-electron chi connectivity index (χ4n) is 9.69. The predicted molar refractivity (Wildman–Crippen MR) is 263 cm³/mol. The van der Waals surface area contributed by atoms with Crippen LogP contribution < -0.4 is 0 Å². The summed E-state index contributed by atoms with van der Waals surface area (Å²) in [5.41, 5.74) is 14.6. The third-order valence-electron chi connectivity index (χ3n) is 12.3. The van der Waals surface area contributed by atoms with Crippen LogP contribution in [0.5, 0.6) is 0 Å². The summed E-state index contributed by atoms with van der Waals surface area (Å²) in [6.07, 6.45) is 0. The molecule has 0 amide bonds. The van der Waals surface area contributed by atoms with Gasteiger partial charge in [-0.05, 0) is 71.3 Å². The van der Waals surface area contributed by atoms with Crippen LogP contribution in [0.2, 0.25) is 0 Å². The number of nitrogens with zero attached hydrogens (tertiary/aromatic N) is 4. The maximum atomic E-state index is 6.32. The molecule has 63 heavy (non-hydrogen) atoms. The van der Waals surface area contributed by atoms with Crippen LogP contribution in [-0.4, -0.2) is 19.1 Å². The lowest BCUT2D eigenvalue weighted by Gasteiger charge is -2.14. The Hall–Kier alpha value is -8.28. The fraction of sp³-hybridized carbons (Fsp3) is 0.0345. The van der Waals surface area contributed by atoms with Gasteiger partial charge in [0.1, 0.15) is 11.2 Å². The third kappa shape index (κ3) is 5.70. The molecule has 4 heterocycles. The first-order chi connectivity index (χ1) is 31.3. The van der Waals surface area contributed by atoms with Crippen molar-refractivity contribution >= 4 is 76.5 Å². The van der Waals surface area contributed by atoms with Crippen molar-refractivity contribution < 1.29 is 4.42 Å². The van der Waals surface area contributed by atoms with E-state index in [1.165, 1.54) is 21.8 Å². The van der Waals surface area contributed by atoms with Crippen molar-refractivity contribution in [2.75, 3.05) is 0 Å². The highest BCUT2D eigenvalue weighted by molar-refractivity contribution is 6.16. The summed E-state index contributed by atoms with van der Waals surface area (Å²) in [6.45, 7) is 4.00. The number of hydrogen-bond donors (Lipinski definition) is 0. The maximum Gasteiger partial charge on any atom is 0.235 e. The molecule has 0 aliphatic heterocycles. The summed E-state index contributed by atoms with van der Waals surface area (Å²) in [7, 11) is 0. The second kappa shape index (κ2) is 14.7. The number of para-hydroxylation sites is 5. The molecule has 5 nitrogen and oxygen atoms in total. The largest absolute Gasteiger partial charge is 0.456 e. The van der Waals surface area contributed by atoms with E-state index in [-0.39, 0.29) is 0 Å². The fourth-order valence-corrected chi connectivity index (χ4v) is 9.69. The zero-order valence-corrected chi connectivity index (χ0v) is 34.8. The Morgan fingerprint density at radius 2 is 0.952 bits per heavy atom. The SMILES string of the molecule is CC.c1ccc(-c2nc(-n3c4ccc(-n5c6ccccc6c6ccccc65)cc4c4cccc(-c5cccc(-c6cccc7oc8ccccc8c67)c5)c43)nc3ccccc23)cc1. The molecule has 0 spiro atoms. The van der Waals surface area contributed by atoms with Gasteiger partial charge >= 0.3 is 0 Å². The van der Waals surface area contributed by atoms with Gasteiger partial charge in [0.05, 0.1) is 33.3 Å². The van der Waals surface area contributed by atoms with E-state index in [0.717, 1.165) is 93.8 Å². The maximum absolute atomic E-state index is 6.32. The Bertz CT molecular complexity index is 3840. The molecule has 0 N–H and O–H groups in total. The molecule has 0 bridgehead atoms. The molecule has 9 aromatic carbocycles. The Kier molecular flexibility index (Phi) is 8.54. The van der Waals surface area contributed by atoms with Crippen molar-refractivity contribution in [1.82, 2.24) is 19.1 Å². The smallest absolute Gasteiger partial charge is 0.235 e. The monoisotopic (exact) mass is 808 g/mol. The van der Waals surface area contributed by atoms with Gasteiger partial charge in [-0.3, -0.25) is 4.57 Å². The first-order valence-electron chi connectivity index (χ1n) is 21.7. The number of rotatable bonds is 5. The van der Waals surface area contributed by atoms with Crippen molar-refractivity contribution in [3.8, 4) is 45.1 Å². The molecular formula is C58H40N4O. The third-order valence-corrected chi connectivity index (χ3v) is 12.3. The minimum Gasteiger partial charge on any atom is -0.456 e. The van der Waals surface area contributed by atoms with Crippen LogP contribution in [0.3, 0.4) is 0 Å². The highest BCUT2D eigenvalue weighted by atomic mass is 16.3. The number of benzene rings is 9. The molecule has 0 aliphatic rings. The van der Waals surface area contributed by atoms with Gasteiger partial charge in [0.15, 0.2) is 0 Å². The Morgan fingerprint density at radius 1 is 0.381 bits per heavy atom. The van der Waals surface area contributed by atoms with Crippen LogP contribution in [0, 0.1) is 0 Å². The molecule has 0 fully saturated rings. The van der Waals surface area contributed by atoms with E-state index in [1.54, 1.807) is 0 Å². The van der Waals surface area contributed by atoms with Crippen molar-refractivity contribution in [1.29, 1.82) is 0 Å². The average molecular weight is 809 g/mol. The normalized spacial score (nSPS) is 11.7. The number of fused-ring (bicyclic) bond motifs is 10. The van der Waals surface area contributed by atoms with E-state index in [1.807, 2.05) is 32.0 Å². The Morgan fingerprint density at radius 3 is 1.75 bits per heavy atom. The standard InChI is InChI=1S/C56H34N4O.C2H6/c1-2-15-35(16-3-1)54-44-21-4-8-26-47(44)57-56(58-54)60-50-32-31-38(59-48-27-9-5-19-41(48)42-20-6-10-28-49(42)59)34-46(50)43-25-13-24-40(55(43)60)37-18-12-17-36(33-37)39-23-14-30-52-53(39)45-22-7-11-29-51(45)61-52;1-2/h1-34H;1-2H3. The Labute approximate surface area is 363 Å². The summed E-state index contributed by atoms with van der Waals surface area (Å²) in [6, 6.07) is 73.2. The summed E-state index contributed by atoms with van der Waals surface area (Å²) in [5, 5.41) is 7.97. The van der Waals surface area contributed by atoms with Gasteiger partial charge < -0.3 is 8.98 Å². The van der Waals surface area contributed by atoms with Crippen LogP contribution in [0.15, 0.2) is 211 Å². The average Bonchev–Trinajstić information content (AvgIpc) is 4.02. The van der Waals surface area contributed by atoms with Gasteiger partial charge in [-0.15, -0.1) is 0 Å². The van der Waals surface area contributed by atoms with Crippen molar-refractivity contribution in [3.63, 3.8) is 0 Å². The molecule has 5 heteroatoms. The molecule has 13 rings (SSSR count). The van der Waals surface area contributed by atoms with Gasteiger partial charge in [0.25, 0.3) is 0 Å². The van der Waals surface area contributed by atoms with Crippen LogP contribution >= 0.6 is 0 Å². The van der Waals surface area contributed by atoms with E-state index in [9.17, 15) is 0 Å². The van der Waals surface area contributed by atoms with Crippen molar-refractivity contribution in [3.05, 3.63) is 206 Å². The van der Waals surface area contributed by atoms with Gasteiger partial charge in [0.2, 0.25) is 5.95 Å². The number of aromatic nitrogens is 4. The quantitative estimate of drug-likeness (QED) is 0.174. The van der Waals surface area contributed by atoms with E-state index in [2.05, 4.69) is 197 Å². The zero-order chi connectivity index (χ0) is 42.0. The second-order valence-corrected chi connectivity index (χ2v) is 15.7. The van der Waals surface area contributed by atoms with Crippen molar-refractivity contribution in [2.45, 2.75) is 13.8 Å². The topological polar surface area (TPSA) is 48.8 Å². The molecule has 0 radical (unpaired) electrons. The highest BCUT2D eigenvalue weighted by Gasteiger charge is 2.22. The summed E-state index contributed by atoms with van der Waals surface area (Å²) >= 11 is 0. The van der Waals surface area contributed by atoms with Gasteiger partial charge in [-0.2, -0.15) is 0 Å². The first-order valence-corrected chi connectivity index (χ1v) is 21.7. The van der Waals surface area contributed by atoms with Crippen LogP contribution in [0.25, 0.3) is 122 Å². The molecule has 298 valence electrons. The second-order valence-electron chi connectivity index (χ2n) is 15.7. The lowest BCUT2D eigenvalue weighted by Crippen LogP contribution is -2.04. The summed E-state index contributed by atoms with van der Waals surface area (Å²) < 4.78 is 11.0. The molecule has 0 aliphatic carbocycles. The molecule has 0 saturated heterocycles. The molecule has 0 atom stereocenters. The van der Waals surface area contributed by atoms with Gasteiger partial charge in [-0.1, -0.05) is 166 Å². The van der Waals surface area contributed by atoms with Crippen LogP contribution in [-0.2, 0) is 0 Å². The lowest BCUT2D eigenvalue weighted by atomic mass is 9.95. The van der Waals surface area contributed by atoms with Crippen molar-refractivity contribution in [2.24, 2.45) is 0 Å².